The van der Waals surface area contributed by atoms with Crippen molar-refractivity contribution in [1.29, 1.82) is 0 Å². The van der Waals surface area contributed by atoms with Crippen molar-refractivity contribution < 1.29 is 4.79 Å². The predicted octanol–water partition coefficient (Wildman–Crippen LogP) is 1.97. The molecule has 1 aliphatic rings. The van der Waals surface area contributed by atoms with Crippen molar-refractivity contribution in [1.82, 2.24) is 24.0 Å². The Morgan fingerprint density at radius 2 is 1.75 bits per heavy atom. The van der Waals surface area contributed by atoms with Crippen molar-refractivity contribution in [3.63, 3.8) is 0 Å². The number of nitrogens with zero attached hydrogens (tertiary/aromatic N) is 5. The highest BCUT2D eigenvalue weighted by molar-refractivity contribution is 5.94. The molecule has 0 saturated carbocycles. The molecule has 0 bridgehead atoms. The zero-order chi connectivity index (χ0) is 22.7. The molecule has 9 heteroatoms. The third kappa shape index (κ3) is 4.19. The van der Waals surface area contributed by atoms with Crippen LogP contribution in [0.5, 0.6) is 0 Å². The normalized spacial score (nSPS) is 14.3. The molecule has 0 atom stereocenters. The second-order valence-electron chi connectivity index (χ2n) is 8.26. The number of benzene rings is 1. The summed E-state index contributed by atoms with van der Waals surface area (Å²) in [6, 6.07) is 9.29. The Balaban J connectivity index is 1.60. The standard InChI is InChI=1S/C23H30N6O3/c1-3-4-5-9-12-29-18-19(26(2)23(32)25-20(18)30)24-22(29)28-15-13-27(14-16-28)21(31)17-10-7-6-8-11-17/h6-8,10-11H,3-5,9,12-16H2,1-2H3,(H,25,30,32). The topological polar surface area (TPSA) is 96.2 Å². The Labute approximate surface area is 186 Å². The highest BCUT2D eigenvalue weighted by atomic mass is 16.2. The molecule has 0 aliphatic carbocycles. The van der Waals surface area contributed by atoms with Crippen LogP contribution in [-0.2, 0) is 13.6 Å². The minimum atomic E-state index is -0.469. The monoisotopic (exact) mass is 438 g/mol. The maximum absolute atomic E-state index is 12.8. The van der Waals surface area contributed by atoms with E-state index in [-0.39, 0.29) is 5.91 Å². The average molecular weight is 439 g/mol. The number of aromatic nitrogens is 4. The van der Waals surface area contributed by atoms with E-state index in [2.05, 4.69) is 16.8 Å². The zero-order valence-corrected chi connectivity index (χ0v) is 18.7. The lowest BCUT2D eigenvalue weighted by atomic mass is 10.2. The van der Waals surface area contributed by atoms with Gasteiger partial charge in [-0.05, 0) is 18.6 Å². The van der Waals surface area contributed by atoms with E-state index in [0.717, 1.165) is 25.7 Å². The first-order valence-electron chi connectivity index (χ1n) is 11.3. The number of aryl methyl sites for hydroxylation is 2. The molecule has 9 nitrogen and oxygen atoms in total. The molecule has 0 unspecified atom stereocenters. The van der Waals surface area contributed by atoms with E-state index in [1.807, 2.05) is 39.8 Å². The summed E-state index contributed by atoms with van der Waals surface area (Å²) in [5.41, 5.74) is 0.636. The predicted molar refractivity (Wildman–Crippen MR) is 124 cm³/mol. The number of rotatable bonds is 7. The summed E-state index contributed by atoms with van der Waals surface area (Å²) < 4.78 is 3.33. The number of H-pyrrole nitrogens is 1. The van der Waals surface area contributed by atoms with Crippen molar-refractivity contribution >= 4 is 23.0 Å². The van der Waals surface area contributed by atoms with Crippen LogP contribution in [-0.4, -0.2) is 56.1 Å². The van der Waals surface area contributed by atoms with Crippen LogP contribution in [0.2, 0.25) is 0 Å². The minimum Gasteiger partial charge on any atom is -0.339 e. The number of aromatic amines is 1. The molecule has 0 radical (unpaired) electrons. The Morgan fingerprint density at radius 3 is 2.44 bits per heavy atom. The minimum absolute atomic E-state index is 0.0251. The van der Waals surface area contributed by atoms with Crippen molar-refractivity contribution in [2.24, 2.45) is 7.05 Å². The molecular weight excluding hydrogens is 408 g/mol. The molecule has 3 aromatic rings. The molecule has 170 valence electrons. The number of amides is 1. The fourth-order valence-corrected chi connectivity index (χ4v) is 4.25. The fraction of sp³-hybridized carbons (Fsp3) is 0.478. The molecule has 3 heterocycles. The third-order valence-electron chi connectivity index (χ3n) is 6.09. The van der Waals surface area contributed by atoms with Gasteiger partial charge in [0.2, 0.25) is 5.95 Å². The molecule has 1 aliphatic heterocycles. The number of carbonyl (C=O) groups is 1. The van der Waals surface area contributed by atoms with E-state index in [9.17, 15) is 14.4 Å². The van der Waals surface area contributed by atoms with E-state index in [1.165, 1.54) is 4.57 Å². The van der Waals surface area contributed by atoms with E-state index in [4.69, 9.17) is 4.98 Å². The Kier molecular flexibility index (Phi) is 6.43. The number of unbranched alkanes of at least 4 members (excludes halogenated alkanes) is 3. The second kappa shape index (κ2) is 9.42. The second-order valence-corrected chi connectivity index (χ2v) is 8.26. The largest absolute Gasteiger partial charge is 0.339 e. The van der Waals surface area contributed by atoms with Gasteiger partial charge in [0.05, 0.1) is 0 Å². The molecule has 1 saturated heterocycles. The number of fused-ring (bicyclic) bond motifs is 1. The van der Waals surface area contributed by atoms with Gasteiger partial charge in [0, 0.05) is 45.3 Å². The summed E-state index contributed by atoms with van der Waals surface area (Å²) in [6.07, 6.45) is 4.26. The van der Waals surface area contributed by atoms with Crippen LogP contribution < -0.4 is 16.1 Å². The maximum atomic E-state index is 12.8. The van der Waals surface area contributed by atoms with Gasteiger partial charge in [0.15, 0.2) is 11.2 Å². The lowest BCUT2D eigenvalue weighted by Gasteiger charge is -2.35. The summed E-state index contributed by atoms with van der Waals surface area (Å²) >= 11 is 0. The highest BCUT2D eigenvalue weighted by Crippen LogP contribution is 2.22. The zero-order valence-electron chi connectivity index (χ0n) is 18.7. The molecule has 1 aromatic carbocycles. The van der Waals surface area contributed by atoms with Crippen LogP contribution in [0.4, 0.5) is 5.95 Å². The van der Waals surface area contributed by atoms with Crippen molar-refractivity contribution in [2.45, 2.75) is 39.2 Å². The van der Waals surface area contributed by atoms with E-state index >= 15 is 0 Å². The number of piperazine rings is 1. The van der Waals surface area contributed by atoms with Gasteiger partial charge in [0.1, 0.15) is 0 Å². The summed E-state index contributed by atoms with van der Waals surface area (Å²) in [5.74, 6) is 0.715. The first-order chi connectivity index (χ1) is 15.5. The van der Waals surface area contributed by atoms with Crippen LogP contribution in [0.25, 0.3) is 11.2 Å². The van der Waals surface area contributed by atoms with Crippen LogP contribution in [0, 0.1) is 0 Å². The molecular formula is C23H30N6O3. The molecule has 2 aromatic heterocycles. The Bertz CT molecular complexity index is 1200. The quantitative estimate of drug-likeness (QED) is 0.569. The van der Waals surface area contributed by atoms with Crippen LogP contribution >= 0.6 is 0 Å². The van der Waals surface area contributed by atoms with Crippen molar-refractivity contribution in [3.05, 3.63) is 56.7 Å². The average Bonchev–Trinajstić information content (AvgIpc) is 3.21. The molecule has 1 amide bonds. The number of anilines is 1. The Morgan fingerprint density at radius 1 is 1.03 bits per heavy atom. The Hall–Kier alpha value is -3.36. The van der Waals surface area contributed by atoms with Gasteiger partial charge >= 0.3 is 5.69 Å². The van der Waals surface area contributed by atoms with Gasteiger partial charge in [-0.2, -0.15) is 4.98 Å². The fourth-order valence-electron chi connectivity index (χ4n) is 4.25. The maximum Gasteiger partial charge on any atom is 0.329 e. The molecule has 1 N–H and O–H groups in total. The van der Waals surface area contributed by atoms with Gasteiger partial charge in [0.25, 0.3) is 11.5 Å². The van der Waals surface area contributed by atoms with Gasteiger partial charge in [-0.3, -0.25) is 19.1 Å². The van der Waals surface area contributed by atoms with Gasteiger partial charge in [-0.1, -0.05) is 44.4 Å². The van der Waals surface area contributed by atoms with E-state index in [1.54, 1.807) is 7.05 Å². The first kappa shape index (κ1) is 21.9. The van der Waals surface area contributed by atoms with E-state index < -0.39 is 11.2 Å². The number of imidazole rings is 1. The van der Waals surface area contributed by atoms with Crippen LogP contribution in [0.1, 0.15) is 43.0 Å². The van der Waals surface area contributed by atoms with Crippen LogP contribution in [0.15, 0.2) is 39.9 Å². The highest BCUT2D eigenvalue weighted by Gasteiger charge is 2.27. The van der Waals surface area contributed by atoms with Gasteiger partial charge in [-0.15, -0.1) is 0 Å². The van der Waals surface area contributed by atoms with Crippen molar-refractivity contribution in [3.8, 4) is 0 Å². The number of carbonyl (C=O) groups excluding carboxylic acids is 1. The number of hydrogen-bond acceptors (Lipinski definition) is 5. The summed E-state index contributed by atoms with van der Waals surface area (Å²) in [7, 11) is 1.62. The first-order valence-corrected chi connectivity index (χ1v) is 11.3. The lowest BCUT2D eigenvalue weighted by molar-refractivity contribution is 0.0746. The summed E-state index contributed by atoms with van der Waals surface area (Å²) in [4.78, 5) is 48.6. The SMILES string of the molecule is CCCCCCn1c(N2CCN(C(=O)c3ccccc3)CC2)nc2c1c(=O)[nH]c(=O)n2C. The molecule has 0 spiro atoms. The van der Waals surface area contributed by atoms with Gasteiger partial charge < -0.3 is 14.4 Å². The molecule has 4 rings (SSSR count). The smallest absolute Gasteiger partial charge is 0.329 e. The third-order valence-corrected chi connectivity index (χ3v) is 6.09. The lowest BCUT2D eigenvalue weighted by Crippen LogP contribution is -2.49. The summed E-state index contributed by atoms with van der Waals surface area (Å²) in [5, 5.41) is 0. The van der Waals surface area contributed by atoms with E-state index in [0.29, 0.717) is 55.4 Å². The molecule has 1 fully saturated rings. The van der Waals surface area contributed by atoms with Crippen LogP contribution in [0.3, 0.4) is 0 Å². The number of nitrogens with one attached hydrogen (secondary N) is 1. The molecule has 32 heavy (non-hydrogen) atoms. The number of hydrogen-bond donors (Lipinski definition) is 1. The van der Waals surface area contributed by atoms with Gasteiger partial charge in [-0.25, -0.2) is 4.79 Å². The summed E-state index contributed by atoms with van der Waals surface area (Å²) in [6.45, 7) is 5.19. The van der Waals surface area contributed by atoms with Crippen molar-refractivity contribution in [2.75, 3.05) is 31.1 Å².